The van der Waals surface area contributed by atoms with Crippen molar-refractivity contribution in [3.63, 3.8) is 0 Å². The summed E-state index contributed by atoms with van der Waals surface area (Å²) in [4.78, 5) is 18.9. The van der Waals surface area contributed by atoms with Gasteiger partial charge in [0.1, 0.15) is 17.1 Å². The topological polar surface area (TPSA) is 79.6 Å². The lowest BCUT2D eigenvalue weighted by atomic mass is 10.2. The standard InChI is InChI=1S/C21H19N3O3S/c1-3-12-24-20(26)18(19(25)23-21(24)28)13-22-15-6-10-17(11-7-15)27-16-8-4-14(2)5-9-16/h3-11,13,26H,1,12H2,2H3,(H,23,25,28). The van der Waals surface area contributed by atoms with Crippen LogP contribution in [-0.4, -0.2) is 20.9 Å². The minimum Gasteiger partial charge on any atom is -0.494 e. The van der Waals surface area contributed by atoms with Gasteiger partial charge in [-0.15, -0.1) is 6.58 Å². The molecule has 28 heavy (non-hydrogen) atoms. The molecule has 0 bridgehead atoms. The first-order chi connectivity index (χ1) is 13.5. The normalized spacial score (nSPS) is 10.9. The van der Waals surface area contributed by atoms with Crippen LogP contribution < -0.4 is 10.3 Å². The number of nitrogens with one attached hydrogen (secondary N) is 1. The Bertz CT molecular complexity index is 1130. The molecule has 0 atom stereocenters. The second-order valence-electron chi connectivity index (χ2n) is 6.06. The monoisotopic (exact) mass is 393 g/mol. The predicted octanol–water partition coefficient (Wildman–Crippen LogP) is 4.65. The van der Waals surface area contributed by atoms with E-state index in [1.807, 2.05) is 31.2 Å². The van der Waals surface area contributed by atoms with Crippen LogP contribution >= 0.6 is 12.2 Å². The summed E-state index contributed by atoms with van der Waals surface area (Å²) in [5.74, 6) is 1.16. The van der Waals surface area contributed by atoms with Crippen LogP contribution in [0.5, 0.6) is 17.4 Å². The lowest BCUT2D eigenvalue weighted by Gasteiger charge is -2.08. The molecule has 1 aromatic heterocycles. The van der Waals surface area contributed by atoms with Gasteiger partial charge in [-0.3, -0.25) is 19.3 Å². The molecule has 1 heterocycles. The maximum absolute atomic E-state index is 12.1. The fourth-order valence-corrected chi connectivity index (χ4v) is 2.73. The molecule has 0 spiro atoms. The van der Waals surface area contributed by atoms with Gasteiger partial charge in [0.05, 0.1) is 5.69 Å². The van der Waals surface area contributed by atoms with Crippen LogP contribution in [0.25, 0.3) is 0 Å². The number of hydrogen-bond donors (Lipinski definition) is 2. The Morgan fingerprint density at radius 3 is 2.39 bits per heavy atom. The van der Waals surface area contributed by atoms with Crippen molar-refractivity contribution in [3.8, 4) is 17.4 Å². The molecule has 3 aromatic rings. The number of benzene rings is 2. The average molecular weight is 393 g/mol. The summed E-state index contributed by atoms with van der Waals surface area (Å²) in [7, 11) is 0. The van der Waals surface area contributed by atoms with Crippen molar-refractivity contribution in [2.45, 2.75) is 13.5 Å². The van der Waals surface area contributed by atoms with E-state index in [2.05, 4.69) is 16.6 Å². The molecule has 142 valence electrons. The molecule has 0 saturated heterocycles. The van der Waals surface area contributed by atoms with Gasteiger partial charge >= 0.3 is 0 Å². The zero-order valence-electron chi connectivity index (χ0n) is 15.3. The molecule has 0 aliphatic carbocycles. The number of H-pyrrole nitrogens is 1. The van der Waals surface area contributed by atoms with E-state index >= 15 is 0 Å². The Labute approximate surface area is 167 Å². The van der Waals surface area contributed by atoms with Gasteiger partial charge in [0.15, 0.2) is 4.77 Å². The van der Waals surface area contributed by atoms with E-state index < -0.39 is 5.56 Å². The number of aromatic amines is 1. The van der Waals surface area contributed by atoms with Crippen LogP contribution in [0.2, 0.25) is 0 Å². The Morgan fingerprint density at radius 2 is 1.79 bits per heavy atom. The quantitative estimate of drug-likeness (QED) is 0.363. The first kappa shape index (κ1) is 19.3. The zero-order valence-corrected chi connectivity index (χ0v) is 16.1. The molecular weight excluding hydrogens is 374 g/mol. The third kappa shape index (κ3) is 4.44. The fourth-order valence-electron chi connectivity index (χ4n) is 2.47. The molecule has 0 aliphatic rings. The fraction of sp³-hybridized carbons (Fsp3) is 0.0952. The Balaban J connectivity index is 1.80. The van der Waals surface area contributed by atoms with Gasteiger partial charge in [0.2, 0.25) is 5.88 Å². The average Bonchev–Trinajstić information content (AvgIpc) is 2.68. The van der Waals surface area contributed by atoms with Crippen LogP contribution in [0, 0.1) is 11.7 Å². The molecule has 0 amide bonds. The molecule has 0 saturated carbocycles. The molecule has 0 aliphatic heterocycles. The highest BCUT2D eigenvalue weighted by Crippen LogP contribution is 2.24. The second-order valence-corrected chi connectivity index (χ2v) is 6.45. The van der Waals surface area contributed by atoms with E-state index in [0.717, 1.165) is 11.3 Å². The number of rotatable bonds is 6. The summed E-state index contributed by atoms with van der Waals surface area (Å²) in [6, 6.07) is 14.8. The van der Waals surface area contributed by atoms with Gasteiger partial charge in [-0.05, 0) is 55.5 Å². The molecule has 7 heteroatoms. The third-order valence-corrected chi connectivity index (χ3v) is 4.28. The number of aromatic nitrogens is 2. The molecule has 2 aromatic carbocycles. The van der Waals surface area contributed by atoms with Gasteiger partial charge in [-0.1, -0.05) is 23.8 Å². The summed E-state index contributed by atoms with van der Waals surface area (Å²) < 4.78 is 7.26. The first-order valence-electron chi connectivity index (χ1n) is 8.53. The van der Waals surface area contributed by atoms with Crippen molar-refractivity contribution in [1.82, 2.24) is 9.55 Å². The van der Waals surface area contributed by atoms with Gasteiger partial charge in [0.25, 0.3) is 5.56 Å². The van der Waals surface area contributed by atoms with E-state index in [1.54, 1.807) is 30.3 Å². The van der Waals surface area contributed by atoms with Crippen LogP contribution in [0.3, 0.4) is 0 Å². The highest BCUT2D eigenvalue weighted by atomic mass is 32.1. The Hall–Kier alpha value is -3.45. The van der Waals surface area contributed by atoms with Gasteiger partial charge in [-0.25, -0.2) is 0 Å². The lowest BCUT2D eigenvalue weighted by Crippen LogP contribution is -2.18. The first-order valence-corrected chi connectivity index (χ1v) is 8.94. The van der Waals surface area contributed by atoms with Crippen molar-refractivity contribution in [2.24, 2.45) is 4.99 Å². The Morgan fingerprint density at radius 1 is 1.18 bits per heavy atom. The van der Waals surface area contributed by atoms with Crippen LogP contribution in [0.4, 0.5) is 5.69 Å². The van der Waals surface area contributed by atoms with E-state index in [0.29, 0.717) is 11.4 Å². The number of aryl methyl sites for hydroxylation is 1. The third-order valence-electron chi connectivity index (χ3n) is 3.95. The minimum absolute atomic E-state index is 0.0235. The van der Waals surface area contributed by atoms with Crippen LogP contribution in [0.1, 0.15) is 11.1 Å². The van der Waals surface area contributed by atoms with E-state index in [1.165, 1.54) is 10.8 Å². The number of nitrogens with zero attached hydrogens (tertiary/aromatic N) is 2. The molecule has 3 rings (SSSR count). The van der Waals surface area contributed by atoms with Gasteiger partial charge < -0.3 is 9.84 Å². The van der Waals surface area contributed by atoms with E-state index in [4.69, 9.17) is 17.0 Å². The number of allylic oxidation sites excluding steroid dienone is 1. The summed E-state index contributed by atoms with van der Waals surface area (Å²) in [6.07, 6.45) is 2.87. The summed E-state index contributed by atoms with van der Waals surface area (Å²) in [5.41, 5.74) is 1.28. The van der Waals surface area contributed by atoms with Gasteiger partial charge in [0, 0.05) is 12.8 Å². The number of hydrogen-bond acceptors (Lipinski definition) is 5. The second kappa shape index (κ2) is 8.49. The molecule has 2 N–H and O–H groups in total. The minimum atomic E-state index is -0.508. The van der Waals surface area contributed by atoms with Crippen molar-refractivity contribution < 1.29 is 9.84 Å². The summed E-state index contributed by atoms with van der Waals surface area (Å²) >= 11 is 5.05. The van der Waals surface area contributed by atoms with Gasteiger partial charge in [-0.2, -0.15) is 0 Å². The number of ether oxygens (including phenoxy) is 1. The lowest BCUT2D eigenvalue weighted by molar-refractivity contribution is 0.413. The largest absolute Gasteiger partial charge is 0.494 e. The zero-order chi connectivity index (χ0) is 20.1. The molecule has 0 unspecified atom stereocenters. The molecule has 0 radical (unpaired) electrons. The molecular formula is C21H19N3O3S. The SMILES string of the molecule is C=CCn1c(O)c(C=Nc2ccc(Oc3ccc(C)cc3)cc2)c(=O)[nH]c1=S. The van der Waals surface area contributed by atoms with E-state index in [9.17, 15) is 9.90 Å². The molecule has 6 nitrogen and oxygen atoms in total. The van der Waals surface area contributed by atoms with Crippen molar-refractivity contribution in [1.29, 1.82) is 0 Å². The van der Waals surface area contributed by atoms with Crippen LogP contribution in [-0.2, 0) is 6.54 Å². The predicted molar refractivity (Wildman–Crippen MR) is 113 cm³/mol. The van der Waals surface area contributed by atoms with Crippen molar-refractivity contribution in [3.05, 3.63) is 87.4 Å². The number of aliphatic imine (C=N–C) groups is 1. The number of aromatic hydroxyl groups is 1. The molecule has 0 fully saturated rings. The van der Waals surface area contributed by atoms with Crippen LogP contribution in [0.15, 0.2) is 71.0 Å². The highest BCUT2D eigenvalue weighted by Gasteiger charge is 2.10. The smallest absolute Gasteiger partial charge is 0.264 e. The highest BCUT2D eigenvalue weighted by molar-refractivity contribution is 7.71. The Kier molecular flexibility index (Phi) is 5.86. The maximum atomic E-state index is 12.1. The van der Waals surface area contributed by atoms with Crippen molar-refractivity contribution in [2.75, 3.05) is 0 Å². The maximum Gasteiger partial charge on any atom is 0.264 e. The van der Waals surface area contributed by atoms with Crippen molar-refractivity contribution >= 4 is 24.1 Å². The summed E-state index contributed by atoms with van der Waals surface area (Å²) in [5, 5.41) is 10.3. The van der Waals surface area contributed by atoms with E-state index in [-0.39, 0.29) is 22.8 Å². The summed E-state index contributed by atoms with van der Waals surface area (Å²) in [6.45, 7) is 5.90.